The second-order valence-corrected chi connectivity index (χ2v) is 9.89. The third-order valence-corrected chi connectivity index (χ3v) is 7.15. The number of hydrogen-bond donors (Lipinski definition) is 0. The molecule has 0 aliphatic carbocycles. The first-order valence-corrected chi connectivity index (χ1v) is 11.7. The Morgan fingerprint density at radius 1 is 1.03 bits per heavy atom. The van der Waals surface area contributed by atoms with E-state index in [2.05, 4.69) is 10.1 Å². The molecule has 0 N–H and O–H groups in total. The maximum absolute atomic E-state index is 13.9. The van der Waals surface area contributed by atoms with E-state index in [0.29, 0.717) is 10.7 Å². The smallest absolute Gasteiger partial charge is 0.267 e. The molecule has 0 fully saturated rings. The van der Waals surface area contributed by atoms with Gasteiger partial charge in [0.1, 0.15) is 10.7 Å². The van der Waals surface area contributed by atoms with Crippen LogP contribution in [0, 0.1) is 5.82 Å². The fourth-order valence-electron chi connectivity index (χ4n) is 3.28. The molecule has 12 heteroatoms. The van der Waals surface area contributed by atoms with Crippen LogP contribution in [-0.2, 0) is 16.0 Å². The molecule has 0 amide bonds. The highest BCUT2D eigenvalue weighted by atomic mass is 35.5. The second-order valence-electron chi connectivity index (χ2n) is 7.24. The van der Waals surface area contributed by atoms with E-state index in [1.165, 1.54) is 31.3 Å². The molecule has 0 spiro atoms. The highest BCUT2D eigenvalue weighted by molar-refractivity contribution is 7.91. The van der Waals surface area contributed by atoms with E-state index >= 15 is 0 Å². The standard InChI is InChI=1S/C22H14ClF4N3O3S/c1-2-34(32,33)19-8-14(12-4-6-17(23)18(24)7-12)10-28-20(19)30-21(31)16-9-15(22(25,26)27)5-3-13(16)11-29-30/h3-11H,2H2,1H3. The van der Waals surface area contributed by atoms with Crippen LogP contribution >= 0.6 is 11.6 Å². The quantitative estimate of drug-likeness (QED) is 0.358. The van der Waals surface area contributed by atoms with Crippen LogP contribution in [0.25, 0.3) is 27.7 Å². The van der Waals surface area contributed by atoms with Gasteiger partial charge in [-0.1, -0.05) is 30.7 Å². The topological polar surface area (TPSA) is 81.9 Å². The van der Waals surface area contributed by atoms with E-state index in [1.807, 2.05) is 0 Å². The summed E-state index contributed by atoms with van der Waals surface area (Å²) >= 11 is 5.70. The lowest BCUT2D eigenvalue weighted by molar-refractivity contribution is -0.137. The van der Waals surface area contributed by atoms with E-state index in [1.54, 1.807) is 0 Å². The molecule has 0 bridgehead atoms. The molecule has 0 saturated heterocycles. The van der Waals surface area contributed by atoms with E-state index in [0.717, 1.165) is 24.4 Å². The Labute approximate surface area is 195 Å². The van der Waals surface area contributed by atoms with Gasteiger partial charge in [0.05, 0.1) is 27.9 Å². The highest BCUT2D eigenvalue weighted by Crippen LogP contribution is 2.31. The average Bonchev–Trinajstić information content (AvgIpc) is 2.80. The Kier molecular flexibility index (Phi) is 5.94. The lowest BCUT2D eigenvalue weighted by Crippen LogP contribution is -2.25. The van der Waals surface area contributed by atoms with Crippen LogP contribution in [0.5, 0.6) is 0 Å². The van der Waals surface area contributed by atoms with E-state index < -0.39 is 33.0 Å². The van der Waals surface area contributed by atoms with Gasteiger partial charge in [-0.25, -0.2) is 17.8 Å². The van der Waals surface area contributed by atoms with Crippen molar-refractivity contribution in [3.05, 3.63) is 81.6 Å². The monoisotopic (exact) mass is 511 g/mol. The SMILES string of the molecule is CCS(=O)(=O)c1cc(-c2ccc(Cl)c(F)c2)cnc1-n1ncc2ccc(C(F)(F)F)cc2c1=O. The fourth-order valence-corrected chi connectivity index (χ4v) is 4.43. The van der Waals surface area contributed by atoms with Crippen LogP contribution in [0.2, 0.25) is 5.02 Å². The number of hydrogen-bond acceptors (Lipinski definition) is 5. The number of aromatic nitrogens is 3. The third kappa shape index (κ3) is 4.28. The molecule has 0 radical (unpaired) electrons. The summed E-state index contributed by atoms with van der Waals surface area (Å²) in [5.41, 5.74) is -1.51. The summed E-state index contributed by atoms with van der Waals surface area (Å²) in [6, 6.07) is 7.65. The first-order chi connectivity index (χ1) is 15.9. The Balaban J connectivity index is 1.97. The first kappa shape index (κ1) is 23.8. The van der Waals surface area contributed by atoms with Gasteiger partial charge in [0.2, 0.25) is 0 Å². The number of rotatable bonds is 4. The van der Waals surface area contributed by atoms with E-state index in [4.69, 9.17) is 11.6 Å². The number of nitrogens with zero attached hydrogens (tertiary/aromatic N) is 3. The predicted molar refractivity (Wildman–Crippen MR) is 118 cm³/mol. The molecule has 0 saturated carbocycles. The van der Waals surface area contributed by atoms with Gasteiger partial charge in [-0.15, -0.1) is 0 Å². The molecule has 2 heterocycles. The van der Waals surface area contributed by atoms with Crippen molar-refractivity contribution >= 4 is 32.2 Å². The largest absolute Gasteiger partial charge is 0.416 e. The molecule has 6 nitrogen and oxygen atoms in total. The summed E-state index contributed by atoms with van der Waals surface area (Å²) in [5, 5.41) is 3.63. The lowest BCUT2D eigenvalue weighted by Gasteiger charge is -2.13. The number of halogens is 5. The van der Waals surface area contributed by atoms with Gasteiger partial charge >= 0.3 is 6.18 Å². The Hall–Kier alpha value is -3.31. The molecule has 0 unspecified atom stereocenters. The van der Waals surface area contributed by atoms with Crippen molar-refractivity contribution in [2.75, 3.05) is 5.75 Å². The summed E-state index contributed by atoms with van der Waals surface area (Å²) in [5.74, 6) is -1.47. The number of pyridine rings is 1. The molecule has 0 aliphatic rings. The van der Waals surface area contributed by atoms with Crippen molar-refractivity contribution in [1.29, 1.82) is 0 Å². The normalized spacial score (nSPS) is 12.3. The average molecular weight is 512 g/mol. The zero-order valence-corrected chi connectivity index (χ0v) is 18.8. The minimum atomic E-state index is -4.68. The Morgan fingerprint density at radius 2 is 1.76 bits per heavy atom. The van der Waals surface area contributed by atoms with Crippen molar-refractivity contribution in [2.45, 2.75) is 18.0 Å². The molecular formula is C22H14ClF4N3O3S. The molecule has 0 aliphatic heterocycles. The third-order valence-electron chi connectivity index (χ3n) is 5.12. The molecule has 4 aromatic rings. The highest BCUT2D eigenvalue weighted by Gasteiger charge is 2.31. The Morgan fingerprint density at radius 3 is 2.41 bits per heavy atom. The van der Waals surface area contributed by atoms with Gasteiger partial charge in [0.15, 0.2) is 15.7 Å². The maximum atomic E-state index is 13.9. The van der Waals surface area contributed by atoms with Crippen LogP contribution in [0.1, 0.15) is 12.5 Å². The van der Waals surface area contributed by atoms with Crippen molar-refractivity contribution in [3.8, 4) is 16.9 Å². The number of sulfone groups is 1. The van der Waals surface area contributed by atoms with Crippen molar-refractivity contribution in [1.82, 2.24) is 14.8 Å². The van der Waals surface area contributed by atoms with Crippen molar-refractivity contribution < 1.29 is 26.0 Å². The van der Waals surface area contributed by atoms with E-state index in [9.17, 15) is 30.8 Å². The number of benzene rings is 2. The van der Waals surface area contributed by atoms with Crippen LogP contribution in [-0.4, -0.2) is 28.9 Å². The second kappa shape index (κ2) is 8.48. The molecule has 34 heavy (non-hydrogen) atoms. The van der Waals surface area contributed by atoms with Crippen molar-refractivity contribution in [2.24, 2.45) is 0 Å². The van der Waals surface area contributed by atoms with Crippen molar-refractivity contribution in [3.63, 3.8) is 0 Å². The van der Waals surface area contributed by atoms with Crippen LogP contribution < -0.4 is 5.56 Å². The summed E-state index contributed by atoms with van der Waals surface area (Å²) in [7, 11) is -3.99. The van der Waals surface area contributed by atoms with Gasteiger partial charge in [-0.05, 0) is 35.9 Å². The molecule has 0 atom stereocenters. The molecule has 2 aromatic carbocycles. The van der Waals surface area contributed by atoms with Crippen LogP contribution in [0.15, 0.2) is 64.5 Å². The van der Waals surface area contributed by atoms with Gasteiger partial charge in [0, 0.05) is 17.1 Å². The predicted octanol–water partition coefficient (Wildman–Crippen LogP) is 5.05. The first-order valence-electron chi connectivity index (χ1n) is 9.70. The summed E-state index contributed by atoms with van der Waals surface area (Å²) < 4.78 is 79.7. The van der Waals surface area contributed by atoms with E-state index in [-0.39, 0.29) is 43.4 Å². The number of alkyl halides is 3. The number of fused-ring (bicyclic) bond motifs is 1. The van der Waals surface area contributed by atoms with Crippen LogP contribution in [0.3, 0.4) is 0 Å². The lowest BCUT2D eigenvalue weighted by atomic mass is 10.1. The zero-order valence-electron chi connectivity index (χ0n) is 17.3. The molecule has 4 rings (SSSR count). The fraction of sp³-hybridized carbons (Fsp3) is 0.136. The molecule has 176 valence electrons. The summed E-state index contributed by atoms with van der Waals surface area (Å²) in [4.78, 5) is 16.7. The minimum absolute atomic E-state index is 0.125. The van der Waals surface area contributed by atoms with Gasteiger partial charge in [-0.3, -0.25) is 4.79 Å². The maximum Gasteiger partial charge on any atom is 0.416 e. The summed E-state index contributed by atoms with van der Waals surface area (Å²) in [6.45, 7) is 1.37. The van der Waals surface area contributed by atoms with Gasteiger partial charge in [0.25, 0.3) is 5.56 Å². The van der Waals surface area contributed by atoms with Gasteiger partial charge in [-0.2, -0.15) is 23.0 Å². The van der Waals surface area contributed by atoms with Gasteiger partial charge < -0.3 is 0 Å². The molecule has 2 aromatic heterocycles. The Bertz CT molecular complexity index is 1600. The van der Waals surface area contributed by atoms with Crippen LogP contribution in [0.4, 0.5) is 17.6 Å². The molecular weight excluding hydrogens is 498 g/mol. The summed E-state index contributed by atoms with van der Waals surface area (Å²) in [6.07, 6.45) is -2.33. The minimum Gasteiger partial charge on any atom is -0.267 e. The zero-order chi connectivity index (χ0) is 24.8.